The summed E-state index contributed by atoms with van der Waals surface area (Å²) in [5.74, 6) is 0.589. The van der Waals surface area contributed by atoms with E-state index in [1.165, 1.54) is 0 Å². The van der Waals surface area contributed by atoms with E-state index in [1.807, 2.05) is 36.1 Å². The van der Waals surface area contributed by atoms with Crippen molar-refractivity contribution in [2.45, 2.75) is 69.9 Å². The van der Waals surface area contributed by atoms with Crippen LogP contribution in [0.15, 0.2) is 24.3 Å². The van der Waals surface area contributed by atoms with Crippen LogP contribution in [0, 0.1) is 0 Å². The fourth-order valence-corrected chi connectivity index (χ4v) is 4.54. The number of nitrogens with zero attached hydrogens (tertiary/aromatic N) is 1. The highest BCUT2D eigenvalue weighted by Gasteiger charge is 2.39. The third kappa shape index (κ3) is 4.78. The van der Waals surface area contributed by atoms with Gasteiger partial charge in [0.05, 0.1) is 31.7 Å². The molecule has 154 valence electrons. The van der Waals surface area contributed by atoms with Crippen molar-refractivity contribution in [2.24, 2.45) is 0 Å². The minimum atomic E-state index is -0.478. The molecule has 6 nitrogen and oxygen atoms in total. The fraction of sp³-hybridized carbons (Fsp3) is 0.636. The van der Waals surface area contributed by atoms with E-state index < -0.39 is 5.54 Å². The van der Waals surface area contributed by atoms with E-state index in [-0.39, 0.29) is 24.5 Å². The van der Waals surface area contributed by atoms with Crippen LogP contribution in [0.1, 0.15) is 69.9 Å². The van der Waals surface area contributed by atoms with Gasteiger partial charge in [-0.2, -0.15) is 0 Å². The topological polar surface area (TPSA) is 67.9 Å². The van der Waals surface area contributed by atoms with E-state index >= 15 is 0 Å². The summed E-state index contributed by atoms with van der Waals surface area (Å²) in [7, 11) is 1.65. The molecule has 1 aromatic rings. The van der Waals surface area contributed by atoms with E-state index in [1.54, 1.807) is 7.11 Å². The number of rotatable bonds is 6. The Hall–Kier alpha value is -2.24. The number of hydrogen-bond donors (Lipinski definition) is 1. The van der Waals surface area contributed by atoms with Gasteiger partial charge in [0.2, 0.25) is 0 Å². The summed E-state index contributed by atoms with van der Waals surface area (Å²) >= 11 is 0. The number of likely N-dealkylation sites (tertiary alicyclic amines) is 1. The quantitative estimate of drug-likeness (QED) is 0.742. The van der Waals surface area contributed by atoms with Gasteiger partial charge < -0.3 is 19.7 Å². The first-order chi connectivity index (χ1) is 13.6. The van der Waals surface area contributed by atoms with Crippen LogP contribution in [0.3, 0.4) is 0 Å². The standard InChI is InChI=1S/C22H32N2O4/c1-3-28-20(25)16-22(13-5-4-6-14-22)23-21(26)24-15-7-8-19(24)17-9-11-18(27-2)12-10-17/h9-12,19H,3-8,13-16H2,1-2H3,(H,23,26)/t19-/m0/s1. The highest BCUT2D eigenvalue weighted by Crippen LogP contribution is 2.35. The maximum Gasteiger partial charge on any atom is 0.318 e. The molecule has 0 bridgehead atoms. The molecule has 1 aliphatic heterocycles. The zero-order chi connectivity index (χ0) is 20.0. The van der Waals surface area contributed by atoms with Crippen LogP contribution < -0.4 is 10.1 Å². The number of esters is 1. The number of amides is 2. The molecule has 0 unspecified atom stereocenters. The Morgan fingerprint density at radius 1 is 1.14 bits per heavy atom. The van der Waals surface area contributed by atoms with Gasteiger partial charge in [0, 0.05) is 6.54 Å². The number of benzene rings is 1. The highest BCUT2D eigenvalue weighted by atomic mass is 16.5. The summed E-state index contributed by atoms with van der Waals surface area (Å²) in [6, 6.07) is 7.94. The number of methoxy groups -OCH3 is 1. The lowest BCUT2D eigenvalue weighted by Crippen LogP contribution is -2.55. The zero-order valence-electron chi connectivity index (χ0n) is 17.0. The Bertz CT molecular complexity index is 668. The number of urea groups is 1. The summed E-state index contributed by atoms with van der Waals surface area (Å²) in [6.45, 7) is 2.92. The molecule has 3 rings (SSSR count). The molecular weight excluding hydrogens is 356 g/mol. The van der Waals surface area contributed by atoms with Gasteiger partial charge in [-0.05, 0) is 50.3 Å². The van der Waals surface area contributed by atoms with Crippen LogP contribution in [0.4, 0.5) is 4.79 Å². The summed E-state index contributed by atoms with van der Waals surface area (Å²) in [6.07, 6.45) is 7.06. The molecule has 1 aliphatic carbocycles. The van der Waals surface area contributed by atoms with Gasteiger partial charge in [-0.1, -0.05) is 31.4 Å². The highest BCUT2D eigenvalue weighted by molar-refractivity contribution is 5.78. The molecular formula is C22H32N2O4. The molecule has 28 heavy (non-hydrogen) atoms. The second-order valence-electron chi connectivity index (χ2n) is 7.88. The fourth-order valence-electron chi connectivity index (χ4n) is 4.54. The van der Waals surface area contributed by atoms with Crippen LogP contribution >= 0.6 is 0 Å². The molecule has 0 spiro atoms. The van der Waals surface area contributed by atoms with Gasteiger partial charge in [-0.15, -0.1) is 0 Å². The predicted molar refractivity (Wildman–Crippen MR) is 107 cm³/mol. The third-order valence-corrected chi connectivity index (χ3v) is 5.99. The summed E-state index contributed by atoms with van der Waals surface area (Å²) in [5, 5.41) is 3.25. The third-order valence-electron chi connectivity index (χ3n) is 5.99. The molecule has 6 heteroatoms. The normalized spacial score (nSPS) is 21.2. The molecule has 1 N–H and O–H groups in total. The number of carbonyl (C=O) groups excluding carboxylic acids is 2. The Morgan fingerprint density at radius 2 is 1.86 bits per heavy atom. The monoisotopic (exact) mass is 388 g/mol. The molecule has 0 aromatic heterocycles. The van der Waals surface area contributed by atoms with E-state index in [2.05, 4.69) is 5.32 Å². The summed E-state index contributed by atoms with van der Waals surface area (Å²) in [4.78, 5) is 27.3. The maximum atomic E-state index is 13.2. The first-order valence-corrected chi connectivity index (χ1v) is 10.5. The van der Waals surface area contributed by atoms with Gasteiger partial charge >= 0.3 is 12.0 Å². The molecule has 1 heterocycles. The van der Waals surface area contributed by atoms with Crippen LogP contribution in [-0.2, 0) is 9.53 Å². The van der Waals surface area contributed by atoms with E-state index in [9.17, 15) is 9.59 Å². The van der Waals surface area contributed by atoms with Crippen molar-refractivity contribution in [3.8, 4) is 5.75 Å². The lowest BCUT2D eigenvalue weighted by Gasteiger charge is -2.39. The van der Waals surface area contributed by atoms with E-state index in [4.69, 9.17) is 9.47 Å². The average Bonchev–Trinajstić information content (AvgIpc) is 3.19. The molecule has 0 radical (unpaired) electrons. The average molecular weight is 389 g/mol. The predicted octanol–water partition coefficient (Wildman–Crippen LogP) is 4.20. The van der Waals surface area contributed by atoms with Crippen molar-refractivity contribution in [3.05, 3.63) is 29.8 Å². The summed E-state index contributed by atoms with van der Waals surface area (Å²) in [5.41, 5.74) is 0.644. The Balaban J connectivity index is 1.71. The Labute approximate surface area is 167 Å². The van der Waals surface area contributed by atoms with Gasteiger partial charge in [0.15, 0.2) is 0 Å². The van der Waals surface area contributed by atoms with Gasteiger partial charge in [0.1, 0.15) is 5.75 Å². The molecule has 1 saturated heterocycles. The SMILES string of the molecule is CCOC(=O)CC1(NC(=O)N2CCC[C@H]2c2ccc(OC)cc2)CCCCC1. The van der Waals surface area contributed by atoms with Gasteiger partial charge in [0.25, 0.3) is 0 Å². The van der Waals surface area contributed by atoms with E-state index in [0.717, 1.165) is 62.8 Å². The smallest absolute Gasteiger partial charge is 0.318 e. The van der Waals surface area contributed by atoms with Gasteiger partial charge in [-0.3, -0.25) is 4.79 Å². The molecule has 2 fully saturated rings. The van der Waals surface area contributed by atoms with Crippen LogP contribution in [-0.4, -0.2) is 42.7 Å². The lowest BCUT2D eigenvalue weighted by molar-refractivity contribution is -0.145. The Kier molecular flexibility index (Phi) is 6.81. The zero-order valence-corrected chi connectivity index (χ0v) is 17.0. The van der Waals surface area contributed by atoms with Crippen molar-refractivity contribution in [3.63, 3.8) is 0 Å². The van der Waals surface area contributed by atoms with Gasteiger partial charge in [-0.25, -0.2) is 4.79 Å². The van der Waals surface area contributed by atoms with Crippen molar-refractivity contribution >= 4 is 12.0 Å². The number of nitrogens with one attached hydrogen (secondary N) is 1. The van der Waals surface area contributed by atoms with E-state index in [0.29, 0.717) is 6.61 Å². The van der Waals surface area contributed by atoms with Crippen LogP contribution in [0.5, 0.6) is 5.75 Å². The van der Waals surface area contributed by atoms with Crippen molar-refractivity contribution in [2.75, 3.05) is 20.3 Å². The van der Waals surface area contributed by atoms with Crippen molar-refractivity contribution in [1.82, 2.24) is 10.2 Å². The van der Waals surface area contributed by atoms with Crippen molar-refractivity contribution < 1.29 is 19.1 Å². The largest absolute Gasteiger partial charge is 0.497 e. The molecule has 2 amide bonds. The number of carbonyl (C=O) groups is 2. The Morgan fingerprint density at radius 3 is 2.50 bits per heavy atom. The molecule has 1 saturated carbocycles. The number of hydrogen-bond acceptors (Lipinski definition) is 4. The maximum absolute atomic E-state index is 13.2. The number of ether oxygens (including phenoxy) is 2. The first-order valence-electron chi connectivity index (χ1n) is 10.5. The first kappa shape index (κ1) is 20.5. The minimum Gasteiger partial charge on any atom is -0.497 e. The van der Waals surface area contributed by atoms with Crippen LogP contribution in [0.25, 0.3) is 0 Å². The van der Waals surface area contributed by atoms with Crippen LogP contribution in [0.2, 0.25) is 0 Å². The van der Waals surface area contributed by atoms with Crippen molar-refractivity contribution in [1.29, 1.82) is 0 Å². The molecule has 2 aliphatic rings. The second kappa shape index (κ2) is 9.30. The molecule has 1 atom stereocenters. The molecule has 1 aromatic carbocycles. The second-order valence-corrected chi connectivity index (χ2v) is 7.88. The lowest BCUT2D eigenvalue weighted by atomic mass is 9.79. The summed E-state index contributed by atoms with van der Waals surface area (Å²) < 4.78 is 10.4. The minimum absolute atomic E-state index is 0.0640.